The molecule has 2 heterocycles. The lowest BCUT2D eigenvalue weighted by molar-refractivity contribution is -0.117. The monoisotopic (exact) mass is 414 g/mol. The number of rotatable bonds is 6. The zero-order valence-corrected chi connectivity index (χ0v) is 17.1. The summed E-state index contributed by atoms with van der Waals surface area (Å²) in [6, 6.07) is 20.0. The van der Waals surface area contributed by atoms with Crippen LogP contribution in [0.5, 0.6) is 11.5 Å². The lowest BCUT2D eigenvalue weighted by Crippen LogP contribution is -2.29. The number of nitrogens with zero attached hydrogens (tertiary/aromatic N) is 3. The maximum absolute atomic E-state index is 12.1. The number of benzene rings is 3. The van der Waals surface area contributed by atoms with Gasteiger partial charge in [0.05, 0.1) is 19.1 Å². The molecule has 1 aromatic heterocycles. The van der Waals surface area contributed by atoms with Crippen LogP contribution in [0.2, 0.25) is 0 Å². The van der Waals surface area contributed by atoms with Crippen LogP contribution in [0.15, 0.2) is 67.0 Å². The van der Waals surface area contributed by atoms with E-state index in [1.165, 1.54) is 17.1 Å². The zero-order valence-electron chi connectivity index (χ0n) is 17.1. The van der Waals surface area contributed by atoms with E-state index in [9.17, 15) is 4.79 Å². The van der Waals surface area contributed by atoms with Gasteiger partial charge in [0.1, 0.15) is 12.9 Å². The molecule has 0 fully saturated rings. The van der Waals surface area contributed by atoms with Crippen LogP contribution >= 0.6 is 0 Å². The van der Waals surface area contributed by atoms with Gasteiger partial charge in [0, 0.05) is 0 Å². The minimum Gasteiger partial charge on any atom is -0.490 e. The lowest BCUT2D eigenvalue weighted by Gasteiger charge is -2.24. The van der Waals surface area contributed by atoms with Crippen molar-refractivity contribution in [3.63, 3.8) is 0 Å². The van der Waals surface area contributed by atoms with Gasteiger partial charge in [-0.3, -0.25) is 10.1 Å². The third kappa shape index (κ3) is 3.70. The number of anilines is 1. The quantitative estimate of drug-likeness (QED) is 0.508. The Bertz CT molecular complexity index is 1250. The van der Waals surface area contributed by atoms with Crippen molar-refractivity contribution in [1.82, 2.24) is 14.8 Å². The summed E-state index contributed by atoms with van der Waals surface area (Å²) < 4.78 is 13.8. The van der Waals surface area contributed by atoms with Crippen molar-refractivity contribution in [2.75, 3.05) is 11.9 Å². The average Bonchev–Trinajstić information content (AvgIpc) is 3.26. The van der Waals surface area contributed by atoms with Gasteiger partial charge < -0.3 is 9.47 Å². The molecule has 1 amide bonds. The third-order valence-corrected chi connectivity index (χ3v) is 5.41. The first-order valence-corrected chi connectivity index (χ1v) is 10.3. The SMILES string of the molecule is CCOc1cc([C@H]2CC(=O)Nc3ncnn32)ccc1OCc1cccc2ccccc12. The highest BCUT2D eigenvalue weighted by Gasteiger charge is 2.28. The fraction of sp³-hybridized carbons (Fsp3) is 0.208. The number of carbonyl (C=O) groups excluding carboxylic acids is 1. The summed E-state index contributed by atoms with van der Waals surface area (Å²) in [5.41, 5.74) is 2.03. The van der Waals surface area contributed by atoms with Gasteiger partial charge in [-0.25, -0.2) is 4.68 Å². The molecule has 1 aliphatic heterocycles. The number of amides is 1. The van der Waals surface area contributed by atoms with E-state index < -0.39 is 0 Å². The van der Waals surface area contributed by atoms with E-state index in [-0.39, 0.29) is 18.4 Å². The number of carbonyl (C=O) groups is 1. The van der Waals surface area contributed by atoms with Crippen LogP contribution in [-0.2, 0) is 11.4 Å². The van der Waals surface area contributed by atoms with Gasteiger partial charge in [-0.15, -0.1) is 0 Å². The van der Waals surface area contributed by atoms with Gasteiger partial charge in [-0.2, -0.15) is 10.1 Å². The number of nitrogens with one attached hydrogen (secondary N) is 1. The highest BCUT2D eigenvalue weighted by molar-refractivity contribution is 5.91. The fourth-order valence-electron chi connectivity index (χ4n) is 3.96. The summed E-state index contributed by atoms with van der Waals surface area (Å²) in [5, 5.41) is 9.37. The first-order valence-electron chi connectivity index (χ1n) is 10.3. The molecular weight excluding hydrogens is 392 g/mol. The summed E-state index contributed by atoms with van der Waals surface area (Å²) in [6.07, 6.45) is 1.73. The van der Waals surface area contributed by atoms with Crippen molar-refractivity contribution in [2.24, 2.45) is 0 Å². The molecule has 0 bridgehead atoms. The Morgan fingerprint density at radius 3 is 2.84 bits per heavy atom. The Kier molecular flexibility index (Phi) is 5.00. The normalized spacial score (nSPS) is 15.4. The summed E-state index contributed by atoms with van der Waals surface area (Å²) in [6.45, 7) is 2.87. The second-order valence-corrected chi connectivity index (χ2v) is 7.36. The second kappa shape index (κ2) is 8.10. The molecule has 1 aliphatic rings. The predicted octanol–water partition coefficient (Wildman–Crippen LogP) is 4.34. The van der Waals surface area contributed by atoms with Crippen LogP contribution in [0.3, 0.4) is 0 Å². The topological polar surface area (TPSA) is 78.3 Å². The van der Waals surface area contributed by atoms with Crippen LogP contribution in [-0.4, -0.2) is 27.3 Å². The fourth-order valence-corrected chi connectivity index (χ4v) is 3.96. The molecule has 7 nitrogen and oxygen atoms in total. The van der Waals surface area contributed by atoms with Crippen LogP contribution < -0.4 is 14.8 Å². The zero-order chi connectivity index (χ0) is 21.2. The first kappa shape index (κ1) is 19.1. The molecule has 1 N–H and O–H groups in total. The minimum atomic E-state index is -0.238. The number of fused-ring (bicyclic) bond motifs is 2. The molecule has 31 heavy (non-hydrogen) atoms. The van der Waals surface area contributed by atoms with E-state index >= 15 is 0 Å². The second-order valence-electron chi connectivity index (χ2n) is 7.36. The van der Waals surface area contributed by atoms with Gasteiger partial charge in [-0.05, 0) is 41.0 Å². The minimum absolute atomic E-state index is 0.0836. The van der Waals surface area contributed by atoms with E-state index in [1.54, 1.807) is 4.68 Å². The largest absolute Gasteiger partial charge is 0.490 e. The number of hydrogen-bond donors (Lipinski definition) is 1. The van der Waals surface area contributed by atoms with Crippen LogP contribution in [0, 0.1) is 0 Å². The van der Waals surface area contributed by atoms with Crippen molar-refractivity contribution < 1.29 is 14.3 Å². The smallest absolute Gasteiger partial charge is 0.229 e. The number of ether oxygens (including phenoxy) is 2. The Hall–Kier alpha value is -3.87. The van der Waals surface area contributed by atoms with Gasteiger partial charge in [-0.1, -0.05) is 48.5 Å². The highest BCUT2D eigenvalue weighted by atomic mass is 16.5. The summed E-state index contributed by atoms with van der Waals surface area (Å²) in [5.74, 6) is 1.68. The maximum atomic E-state index is 12.1. The summed E-state index contributed by atoms with van der Waals surface area (Å²) in [4.78, 5) is 16.2. The van der Waals surface area contributed by atoms with Crippen LogP contribution in [0.25, 0.3) is 10.8 Å². The Morgan fingerprint density at radius 1 is 1.06 bits per heavy atom. The molecule has 0 unspecified atom stereocenters. The molecule has 1 atom stereocenters. The van der Waals surface area contributed by atoms with Gasteiger partial charge in [0.15, 0.2) is 11.5 Å². The third-order valence-electron chi connectivity index (χ3n) is 5.41. The van der Waals surface area contributed by atoms with E-state index in [0.29, 0.717) is 30.7 Å². The van der Waals surface area contributed by atoms with E-state index in [4.69, 9.17) is 9.47 Å². The number of aromatic nitrogens is 3. The Labute approximate surface area is 179 Å². The molecule has 5 rings (SSSR count). The molecule has 3 aromatic carbocycles. The van der Waals surface area contributed by atoms with Crippen LogP contribution in [0.4, 0.5) is 5.95 Å². The summed E-state index contributed by atoms with van der Waals surface area (Å²) in [7, 11) is 0. The molecule has 156 valence electrons. The van der Waals surface area contributed by atoms with Crippen molar-refractivity contribution in [2.45, 2.75) is 26.0 Å². The molecule has 0 spiro atoms. The standard InChI is InChI=1S/C24H22N4O3/c1-2-30-22-12-17(20-13-23(29)27-24-25-15-26-28(20)24)10-11-21(22)31-14-18-8-5-7-16-6-3-4-9-19(16)18/h3-12,15,20H,2,13-14H2,1H3,(H,25,26,27,29)/t20-/m1/s1. The molecule has 0 radical (unpaired) electrons. The molecule has 0 saturated carbocycles. The van der Waals surface area contributed by atoms with Crippen LogP contribution in [0.1, 0.15) is 30.5 Å². The molecule has 0 aliphatic carbocycles. The molecule has 0 saturated heterocycles. The summed E-state index contributed by atoms with van der Waals surface area (Å²) >= 11 is 0. The Balaban J connectivity index is 1.43. The number of hydrogen-bond acceptors (Lipinski definition) is 5. The van der Waals surface area contributed by atoms with Crippen molar-refractivity contribution in [1.29, 1.82) is 0 Å². The Morgan fingerprint density at radius 2 is 1.94 bits per heavy atom. The highest BCUT2D eigenvalue weighted by Crippen LogP contribution is 2.35. The molecule has 7 heteroatoms. The van der Waals surface area contributed by atoms with E-state index in [0.717, 1.165) is 11.1 Å². The van der Waals surface area contributed by atoms with Gasteiger partial charge in [0.2, 0.25) is 11.9 Å². The van der Waals surface area contributed by atoms with E-state index in [2.05, 4.69) is 39.7 Å². The molecule has 4 aromatic rings. The van der Waals surface area contributed by atoms with Crippen molar-refractivity contribution in [3.05, 3.63) is 78.1 Å². The predicted molar refractivity (Wildman–Crippen MR) is 117 cm³/mol. The van der Waals surface area contributed by atoms with Crippen molar-refractivity contribution in [3.8, 4) is 11.5 Å². The van der Waals surface area contributed by atoms with Gasteiger partial charge >= 0.3 is 0 Å². The maximum Gasteiger partial charge on any atom is 0.229 e. The first-order chi connectivity index (χ1) is 15.2. The van der Waals surface area contributed by atoms with Gasteiger partial charge in [0.25, 0.3) is 0 Å². The van der Waals surface area contributed by atoms with Crippen molar-refractivity contribution >= 4 is 22.6 Å². The average molecular weight is 414 g/mol. The molecular formula is C24H22N4O3. The van der Waals surface area contributed by atoms with E-state index in [1.807, 2.05) is 43.3 Å². The lowest BCUT2D eigenvalue weighted by atomic mass is 10.0.